The van der Waals surface area contributed by atoms with E-state index in [4.69, 9.17) is 4.84 Å². The number of fused-ring (bicyclic) bond motifs is 2. The van der Waals surface area contributed by atoms with Crippen molar-refractivity contribution in [3.8, 4) is 0 Å². The molecule has 0 spiro atoms. The zero-order valence-corrected chi connectivity index (χ0v) is 12.2. The Morgan fingerprint density at radius 3 is 2.29 bits per heavy atom. The van der Waals surface area contributed by atoms with Crippen LogP contribution in [-0.4, -0.2) is 37.8 Å². The van der Waals surface area contributed by atoms with Gasteiger partial charge in [0.2, 0.25) is 0 Å². The first kappa shape index (κ1) is 14.1. The number of carbonyl (C=O) groups excluding carboxylic acids is 3. The van der Waals surface area contributed by atoms with Gasteiger partial charge < -0.3 is 4.84 Å². The van der Waals surface area contributed by atoms with Gasteiger partial charge in [-0.15, -0.1) is 5.10 Å². The van der Waals surface area contributed by atoms with E-state index in [0.29, 0.717) is 16.1 Å². The van der Waals surface area contributed by atoms with Crippen LogP contribution in [-0.2, 0) is 16.2 Å². The number of nitrogens with zero attached hydrogens (tertiary/aromatic N) is 4. The summed E-state index contributed by atoms with van der Waals surface area (Å²) in [7, 11) is 0. The monoisotopic (exact) mass is 322 g/mol. The summed E-state index contributed by atoms with van der Waals surface area (Å²) in [6, 6.07) is 13.4. The molecule has 3 aromatic rings. The van der Waals surface area contributed by atoms with Crippen LogP contribution in [0, 0.1) is 0 Å². The SMILES string of the molecule is O=C(Cn1nnc2ccccc21)ON1C(=O)c2ccccc2C1=O. The van der Waals surface area contributed by atoms with Crippen molar-refractivity contribution < 1.29 is 19.2 Å². The van der Waals surface area contributed by atoms with Crippen molar-refractivity contribution >= 4 is 28.8 Å². The van der Waals surface area contributed by atoms with Gasteiger partial charge in [-0.1, -0.05) is 34.5 Å². The summed E-state index contributed by atoms with van der Waals surface area (Å²) in [6.45, 7) is -0.270. The molecule has 2 amide bonds. The number of hydrogen-bond donors (Lipinski definition) is 0. The van der Waals surface area contributed by atoms with Crippen LogP contribution in [0.15, 0.2) is 48.5 Å². The van der Waals surface area contributed by atoms with Crippen molar-refractivity contribution in [2.24, 2.45) is 0 Å². The fourth-order valence-electron chi connectivity index (χ4n) is 2.54. The highest BCUT2D eigenvalue weighted by molar-refractivity contribution is 6.20. The Morgan fingerprint density at radius 1 is 0.958 bits per heavy atom. The van der Waals surface area contributed by atoms with Crippen molar-refractivity contribution in [3.05, 3.63) is 59.7 Å². The summed E-state index contributed by atoms with van der Waals surface area (Å²) in [5.74, 6) is -2.11. The molecule has 1 aromatic heterocycles. The minimum Gasteiger partial charge on any atom is -0.328 e. The van der Waals surface area contributed by atoms with E-state index in [1.54, 1.807) is 36.4 Å². The minimum atomic E-state index is -0.792. The largest absolute Gasteiger partial charge is 0.354 e. The second-order valence-corrected chi connectivity index (χ2v) is 5.15. The van der Waals surface area contributed by atoms with Crippen molar-refractivity contribution in [1.82, 2.24) is 20.1 Å². The van der Waals surface area contributed by atoms with E-state index < -0.39 is 17.8 Å². The van der Waals surface area contributed by atoms with Crippen molar-refractivity contribution in [1.29, 1.82) is 0 Å². The fourth-order valence-corrected chi connectivity index (χ4v) is 2.54. The average Bonchev–Trinajstić information content (AvgIpc) is 3.11. The van der Waals surface area contributed by atoms with Crippen LogP contribution in [0.4, 0.5) is 0 Å². The number of hydrogen-bond acceptors (Lipinski definition) is 6. The normalized spacial score (nSPS) is 13.4. The Morgan fingerprint density at radius 2 is 1.58 bits per heavy atom. The molecule has 0 unspecified atom stereocenters. The molecule has 0 radical (unpaired) electrons. The number of carbonyl (C=O) groups is 3. The van der Waals surface area contributed by atoms with E-state index in [9.17, 15) is 14.4 Å². The Kier molecular flexibility index (Phi) is 3.09. The Labute approximate surface area is 135 Å². The molecule has 0 saturated carbocycles. The highest BCUT2D eigenvalue weighted by atomic mass is 16.7. The summed E-state index contributed by atoms with van der Waals surface area (Å²) >= 11 is 0. The molecule has 4 rings (SSSR count). The molecule has 2 heterocycles. The van der Waals surface area contributed by atoms with E-state index in [-0.39, 0.29) is 17.7 Å². The molecule has 2 aromatic carbocycles. The second-order valence-electron chi connectivity index (χ2n) is 5.15. The molecule has 24 heavy (non-hydrogen) atoms. The van der Waals surface area contributed by atoms with E-state index >= 15 is 0 Å². The number of benzene rings is 2. The number of aromatic nitrogens is 3. The third kappa shape index (κ3) is 2.12. The van der Waals surface area contributed by atoms with Crippen LogP contribution >= 0.6 is 0 Å². The minimum absolute atomic E-state index is 0.210. The molecule has 0 N–H and O–H groups in total. The molecule has 0 aliphatic carbocycles. The van der Waals surface area contributed by atoms with Gasteiger partial charge in [-0.2, -0.15) is 0 Å². The number of para-hydroxylation sites is 1. The average molecular weight is 322 g/mol. The van der Waals surface area contributed by atoms with Gasteiger partial charge in [-0.05, 0) is 24.3 Å². The Balaban J connectivity index is 1.53. The van der Waals surface area contributed by atoms with Gasteiger partial charge in [0, 0.05) is 0 Å². The molecule has 8 heteroatoms. The van der Waals surface area contributed by atoms with E-state index in [2.05, 4.69) is 10.3 Å². The molecule has 1 aliphatic heterocycles. The lowest BCUT2D eigenvalue weighted by molar-refractivity contribution is -0.169. The predicted molar refractivity (Wildman–Crippen MR) is 80.6 cm³/mol. The van der Waals surface area contributed by atoms with Gasteiger partial charge in [0.25, 0.3) is 11.8 Å². The Hall–Kier alpha value is -3.55. The maximum atomic E-state index is 12.2. The lowest BCUT2D eigenvalue weighted by Crippen LogP contribution is -2.34. The number of amides is 2. The maximum absolute atomic E-state index is 12.2. The van der Waals surface area contributed by atoms with Crippen molar-refractivity contribution in [2.45, 2.75) is 6.54 Å². The third-order valence-corrected chi connectivity index (χ3v) is 3.65. The molecule has 118 valence electrons. The lowest BCUT2D eigenvalue weighted by atomic mass is 10.1. The van der Waals surface area contributed by atoms with Gasteiger partial charge in [0.1, 0.15) is 12.1 Å². The molecular formula is C16H10N4O4. The van der Waals surface area contributed by atoms with Crippen molar-refractivity contribution in [2.75, 3.05) is 0 Å². The van der Waals surface area contributed by atoms with Crippen LogP contribution < -0.4 is 0 Å². The fraction of sp³-hybridized carbons (Fsp3) is 0.0625. The Bertz CT molecular complexity index is 959. The van der Waals surface area contributed by atoms with Crippen LogP contribution in [0.1, 0.15) is 20.7 Å². The number of imide groups is 1. The third-order valence-electron chi connectivity index (χ3n) is 3.65. The summed E-state index contributed by atoms with van der Waals surface area (Å²) in [5.41, 5.74) is 1.70. The molecule has 0 saturated heterocycles. The van der Waals surface area contributed by atoms with E-state index in [0.717, 1.165) is 0 Å². The first-order valence-electron chi connectivity index (χ1n) is 7.12. The van der Waals surface area contributed by atoms with Crippen molar-refractivity contribution in [3.63, 3.8) is 0 Å². The zero-order valence-electron chi connectivity index (χ0n) is 12.2. The number of rotatable bonds is 3. The van der Waals surface area contributed by atoms with Crippen LogP contribution in [0.2, 0.25) is 0 Å². The number of hydroxylamine groups is 2. The molecular weight excluding hydrogens is 312 g/mol. The lowest BCUT2D eigenvalue weighted by Gasteiger charge is -2.12. The topological polar surface area (TPSA) is 94.4 Å². The highest BCUT2D eigenvalue weighted by Crippen LogP contribution is 2.22. The summed E-state index contributed by atoms with van der Waals surface area (Å²) in [6.07, 6.45) is 0. The zero-order chi connectivity index (χ0) is 16.7. The quantitative estimate of drug-likeness (QED) is 0.672. The van der Waals surface area contributed by atoms with E-state index in [1.807, 2.05) is 0 Å². The molecule has 0 bridgehead atoms. The summed E-state index contributed by atoms with van der Waals surface area (Å²) in [5, 5.41) is 8.27. The molecule has 0 atom stereocenters. The molecule has 8 nitrogen and oxygen atoms in total. The second kappa shape index (κ2) is 5.27. The van der Waals surface area contributed by atoms with Gasteiger partial charge in [-0.25, -0.2) is 9.48 Å². The van der Waals surface area contributed by atoms with Gasteiger partial charge in [0.15, 0.2) is 0 Å². The smallest absolute Gasteiger partial charge is 0.328 e. The maximum Gasteiger partial charge on any atom is 0.354 e. The first-order chi connectivity index (χ1) is 11.6. The van der Waals surface area contributed by atoms with Gasteiger partial charge in [-0.3, -0.25) is 9.59 Å². The van der Waals surface area contributed by atoms with Crippen LogP contribution in [0.25, 0.3) is 11.0 Å². The van der Waals surface area contributed by atoms with Crippen LogP contribution in [0.3, 0.4) is 0 Å². The van der Waals surface area contributed by atoms with E-state index in [1.165, 1.54) is 16.8 Å². The predicted octanol–water partition coefficient (Wildman–Crippen LogP) is 1.19. The van der Waals surface area contributed by atoms with Crippen LogP contribution in [0.5, 0.6) is 0 Å². The first-order valence-corrected chi connectivity index (χ1v) is 7.12. The van der Waals surface area contributed by atoms with Gasteiger partial charge >= 0.3 is 5.97 Å². The summed E-state index contributed by atoms with van der Waals surface area (Å²) < 4.78 is 1.34. The highest BCUT2D eigenvalue weighted by Gasteiger charge is 2.38. The summed E-state index contributed by atoms with van der Waals surface area (Å²) in [4.78, 5) is 41.3. The molecule has 1 aliphatic rings. The standard InChI is InChI=1S/C16H10N4O4/c21-14(9-19-13-8-4-3-7-12(13)17-18-19)24-20-15(22)10-5-1-2-6-11(10)16(20)23/h1-8H,9H2. The molecule has 0 fully saturated rings. The van der Waals surface area contributed by atoms with Gasteiger partial charge in [0.05, 0.1) is 16.6 Å².